The van der Waals surface area contributed by atoms with Crippen LogP contribution in [0.4, 0.5) is 5.69 Å². The fourth-order valence-corrected chi connectivity index (χ4v) is 2.86. The maximum Gasteiger partial charge on any atom is 0.274 e. The molecule has 1 saturated heterocycles. The molecular formula is C16H15BrN4O2. The number of aryl methyl sites for hydroxylation is 1. The fraction of sp³-hybridized carbons (Fsp3) is 0.250. The van der Waals surface area contributed by atoms with Gasteiger partial charge in [-0.15, -0.1) is 0 Å². The van der Waals surface area contributed by atoms with Crippen LogP contribution in [0.5, 0.6) is 0 Å². The van der Waals surface area contributed by atoms with E-state index in [1.807, 2.05) is 25.1 Å². The summed E-state index contributed by atoms with van der Waals surface area (Å²) in [6.07, 6.45) is 4.43. The minimum absolute atomic E-state index is 0.0707. The first-order valence-corrected chi connectivity index (χ1v) is 7.96. The molecule has 7 heteroatoms. The summed E-state index contributed by atoms with van der Waals surface area (Å²) in [7, 11) is 0. The monoisotopic (exact) mass is 374 g/mol. The molecular weight excluding hydrogens is 360 g/mol. The van der Waals surface area contributed by atoms with E-state index in [2.05, 4.69) is 31.2 Å². The van der Waals surface area contributed by atoms with Crippen LogP contribution in [0, 0.1) is 12.8 Å². The number of anilines is 1. The first kappa shape index (κ1) is 15.6. The normalized spacial score (nSPS) is 14.3. The third-order valence-corrected chi connectivity index (χ3v) is 4.26. The second-order valence-electron chi connectivity index (χ2n) is 5.45. The predicted molar refractivity (Wildman–Crippen MR) is 88.9 cm³/mol. The Balaban J connectivity index is 1.57. The first-order valence-electron chi connectivity index (χ1n) is 7.17. The number of nitrogens with zero attached hydrogens (tertiary/aromatic N) is 3. The van der Waals surface area contributed by atoms with E-state index in [1.165, 1.54) is 18.6 Å². The second-order valence-corrected chi connectivity index (χ2v) is 6.36. The molecule has 3 rings (SSSR count). The number of carbonyl (C=O) groups excluding carboxylic acids is 2. The molecule has 2 aromatic rings. The number of carbonyl (C=O) groups is 2. The van der Waals surface area contributed by atoms with Gasteiger partial charge >= 0.3 is 0 Å². The van der Waals surface area contributed by atoms with Crippen LogP contribution in [-0.4, -0.2) is 39.8 Å². The molecule has 1 aliphatic rings. The van der Waals surface area contributed by atoms with Gasteiger partial charge in [0.15, 0.2) is 0 Å². The predicted octanol–water partition coefficient (Wildman–Crippen LogP) is 2.26. The van der Waals surface area contributed by atoms with Crippen LogP contribution in [0.1, 0.15) is 16.1 Å². The van der Waals surface area contributed by atoms with Crippen LogP contribution < -0.4 is 5.32 Å². The zero-order valence-electron chi connectivity index (χ0n) is 12.5. The molecule has 0 spiro atoms. The second kappa shape index (κ2) is 6.45. The summed E-state index contributed by atoms with van der Waals surface area (Å²) in [6, 6.07) is 5.69. The van der Waals surface area contributed by atoms with Crippen molar-refractivity contribution in [3.8, 4) is 0 Å². The Morgan fingerprint density at radius 3 is 2.74 bits per heavy atom. The van der Waals surface area contributed by atoms with Gasteiger partial charge in [-0.3, -0.25) is 14.6 Å². The fourth-order valence-electron chi connectivity index (χ4n) is 2.38. The highest BCUT2D eigenvalue weighted by molar-refractivity contribution is 9.10. The van der Waals surface area contributed by atoms with E-state index in [0.717, 1.165) is 15.7 Å². The Bertz CT molecular complexity index is 745. The van der Waals surface area contributed by atoms with E-state index < -0.39 is 0 Å². The van der Waals surface area contributed by atoms with Crippen molar-refractivity contribution in [1.82, 2.24) is 14.9 Å². The molecule has 118 valence electrons. The van der Waals surface area contributed by atoms with E-state index >= 15 is 0 Å². The molecule has 2 amide bonds. The lowest BCUT2D eigenvalue weighted by atomic mass is 9.98. The topological polar surface area (TPSA) is 75.2 Å². The van der Waals surface area contributed by atoms with Gasteiger partial charge in [0.1, 0.15) is 5.69 Å². The molecule has 0 aliphatic carbocycles. The molecule has 0 radical (unpaired) electrons. The van der Waals surface area contributed by atoms with Crippen molar-refractivity contribution in [3.05, 3.63) is 52.5 Å². The SMILES string of the molecule is Cc1cc(Br)ccc1NC(=O)C1CN(C(=O)c2cnccn2)C1. The van der Waals surface area contributed by atoms with Gasteiger partial charge in [-0.1, -0.05) is 15.9 Å². The quantitative estimate of drug-likeness (QED) is 0.893. The zero-order chi connectivity index (χ0) is 16.4. The molecule has 1 aliphatic heterocycles. The van der Waals surface area contributed by atoms with E-state index in [9.17, 15) is 9.59 Å². The van der Waals surface area contributed by atoms with Gasteiger partial charge in [0.2, 0.25) is 5.91 Å². The number of nitrogens with one attached hydrogen (secondary N) is 1. The van der Waals surface area contributed by atoms with Gasteiger partial charge in [0.25, 0.3) is 5.91 Å². The Hall–Kier alpha value is -2.28. The standard InChI is InChI=1S/C16H15BrN4O2/c1-10-6-12(17)2-3-13(10)20-15(22)11-8-21(9-11)16(23)14-7-18-4-5-19-14/h2-7,11H,8-9H2,1H3,(H,20,22). The molecule has 1 aromatic carbocycles. The van der Waals surface area contributed by atoms with Gasteiger partial charge in [0, 0.05) is 35.6 Å². The summed E-state index contributed by atoms with van der Waals surface area (Å²) in [5, 5.41) is 2.91. The van der Waals surface area contributed by atoms with Crippen molar-refractivity contribution >= 4 is 33.4 Å². The van der Waals surface area contributed by atoms with Gasteiger partial charge < -0.3 is 10.2 Å². The highest BCUT2D eigenvalue weighted by Gasteiger charge is 2.36. The van der Waals surface area contributed by atoms with Crippen molar-refractivity contribution < 1.29 is 9.59 Å². The first-order chi connectivity index (χ1) is 11.0. The third-order valence-electron chi connectivity index (χ3n) is 3.77. The summed E-state index contributed by atoms with van der Waals surface area (Å²) in [5.41, 5.74) is 2.08. The van der Waals surface area contributed by atoms with E-state index in [0.29, 0.717) is 18.8 Å². The number of aromatic nitrogens is 2. The van der Waals surface area contributed by atoms with Gasteiger partial charge in [-0.05, 0) is 30.7 Å². The average Bonchev–Trinajstić information content (AvgIpc) is 2.49. The van der Waals surface area contributed by atoms with E-state index in [-0.39, 0.29) is 17.7 Å². The molecule has 1 aromatic heterocycles. The van der Waals surface area contributed by atoms with E-state index in [1.54, 1.807) is 4.90 Å². The molecule has 0 saturated carbocycles. The lowest BCUT2D eigenvalue weighted by Gasteiger charge is -2.37. The highest BCUT2D eigenvalue weighted by Crippen LogP contribution is 2.23. The number of rotatable bonds is 3. The Kier molecular flexibility index (Phi) is 4.38. The summed E-state index contributed by atoms with van der Waals surface area (Å²) in [5.74, 6) is -0.459. The summed E-state index contributed by atoms with van der Waals surface area (Å²) in [4.78, 5) is 33.8. The summed E-state index contributed by atoms with van der Waals surface area (Å²) in [6.45, 7) is 2.73. The molecule has 0 bridgehead atoms. The van der Waals surface area contributed by atoms with Crippen molar-refractivity contribution in [3.63, 3.8) is 0 Å². The van der Waals surface area contributed by atoms with Crippen LogP contribution in [0.2, 0.25) is 0 Å². The van der Waals surface area contributed by atoms with Crippen LogP contribution in [0.25, 0.3) is 0 Å². The maximum absolute atomic E-state index is 12.2. The number of hydrogen-bond donors (Lipinski definition) is 1. The molecule has 1 N–H and O–H groups in total. The summed E-state index contributed by atoms with van der Waals surface area (Å²) >= 11 is 3.39. The lowest BCUT2D eigenvalue weighted by Crippen LogP contribution is -2.54. The minimum Gasteiger partial charge on any atom is -0.336 e. The van der Waals surface area contributed by atoms with Crippen molar-refractivity contribution in [2.24, 2.45) is 5.92 Å². The largest absolute Gasteiger partial charge is 0.336 e. The molecule has 6 nitrogen and oxygen atoms in total. The zero-order valence-corrected chi connectivity index (χ0v) is 14.1. The number of benzene rings is 1. The lowest BCUT2D eigenvalue weighted by molar-refractivity contribution is -0.123. The van der Waals surface area contributed by atoms with E-state index in [4.69, 9.17) is 0 Å². The van der Waals surface area contributed by atoms with Gasteiger partial charge in [0.05, 0.1) is 12.1 Å². The van der Waals surface area contributed by atoms with Gasteiger partial charge in [-0.25, -0.2) is 4.98 Å². The van der Waals surface area contributed by atoms with Gasteiger partial charge in [-0.2, -0.15) is 0 Å². The molecule has 0 unspecified atom stereocenters. The highest BCUT2D eigenvalue weighted by atomic mass is 79.9. The minimum atomic E-state index is -0.196. The van der Waals surface area contributed by atoms with Crippen LogP contribution in [0.15, 0.2) is 41.3 Å². The number of hydrogen-bond acceptors (Lipinski definition) is 4. The van der Waals surface area contributed by atoms with Crippen molar-refractivity contribution in [2.45, 2.75) is 6.92 Å². The van der Waals surface area contributed by atoms with Crippen molar-refractivity contribution in [2.75, 3.05) is 18.4 Å². The molecule has 1 fully saturated rings. The number of likely N-dealkylation sites (tertiary alicyclic amines) is 1. The molecule has 2 heterocycles. The Morgan fingerprint density at radius 1 is 1.30 bits per heavy atom. The Morgan fingerprint density at radius 2 is 2.09 bits per heavy atom. The molecule has 23 heavy (non-hydrogen) atoms. The summed E-state index contributed by atoms with van der Waals surface area (Å²) < 4.78 is 0.970. The number of amides is 2. The van der Waals surface area contributed by atoms with Crippen molar-refractivity contribution in [1.29, 1.82) is 0 Å². The molecule has 0 atom stereocenters. The number of halogens is 1. The average molecular weight is 375 g/mol. The maximum atomic E-state index is 12.2. The third kappa shape index (κ3) is 3.39. The van der Waals surface area contributed by atoms with Crippen LogP contribution >= 0.6 is 15.9 Å². The Labute approximate surface area is 142 Å². The van der Waals surface area contributed by atoms with Crippen LogP contribution in [0.3, 0.4) is 0 Å². The van der Waals surface area contributed by atoms with Crippen LogP contribution in [-0.2, 0) is 4.79 Å². The smallest absolute Gasteiger partial charge is 0.274 e.